The highest BCUT2D eigenvalue weighted by atomic mass is 31.2. The summed E-state index contributed by atoms with van der Waals surface area (Å²) >= 11 is 0. The van der Waals surface area contributed by atoms with E-state index in [-0.39, 0.29) is 19.8 Å². The Balaban J connectivity index is 3.83. The van der Waals surface area contributed by atoms with Gasteiger partial charge in [0.05, 0.1) is 19.8 Å². The highest BCUT2D eigenvalue weighted by Gasteiger charge is 2.23. The molecule has 0 rings (SSSR count). The smallest absolute Gasteiger partial charge is 0.379 e. The fraction of sp³-hybridized carbons (Fsp3) is 0.918. The summed E-state index contributed by atoms with van der Waals surface area (Å²) in [5.74, 6) is 0. The minimum absolute atomic E-state index is 0.0238. The molecule has 0 aromatic rings. The Labute approximate surface area is 355 Å². The van der Waals surface area contributed by atoms with E-state index in [0.717, 1.165) is 19.3 Å². The molecule has 0 amide bonds. The van der Waals surface area contributed by atoms with E-state index in [9.17, 15) is 9.46 Å². The van der Waals surface area contributed by atoms with Crippen molar-refractivity contribution >= 4 is 7.82 Å². The van der Waals surface area contributed by atoms with Gasteiger partial charge in [-0.1, -0.05) is 205 Å². The van der Waals surface area contributed by atoms with Gasteiger partial charge in [0.25, 0.3) is 0 Å². The van der Waals surface area contributed by atoms with Crippen LogP contribution in [0.3, 0.4) is 0 Å². The molecular formula is C49H98NO6P. The summed E-state index contributed by atoms with van der Waals surface area (Å²) in [4.78, 5) is 9.95. The average Bonchev–Trinajstić information content (AvgIpc) is 3.21. The molecule has 3 N–H and O–H groups in total. The number of hydrogen-bond donors (Lipinski definition) is 2. The molecule has 0 spiro atoms. The van der Waals surface area contributed by atoms with Gasteiger partial charge in [-0.3, -0.25) is 9.05 Å². The van der Waals surface area contributed by atoms with E-state index < -0.39 is 13.9 Å². The van der Waals surface area contributed by atoms with Crippen LogP contribution in [-0.4, -0.2) is 50.6 Å². The van der Waals surface area contributed by atoms with E-state index >= 15 is 0 Å². The van der Waals surface area contributed by atoms with Crippen molar-refractivity contribution in [3.8, 4) is 0 Å². The van der Waals surface area contributed by atoms with Crippen LogP contribution in [0.1, 0.15) is 245 Å². The average molecular weight is 828 g/mol. The maximum absolute atomic E-state index is 12.2. The first kappa shape index (κ1) is 56.5. The standard InChI is InChI=1S/C49H98NO6P/c1-3-5-7-9-11-13-15-17-19-21-23-25-27-29-31-33-35-37-39-41-44-53-47-49(48-56-57(51,52)55-46-43-50)54-45-42-40-38-36-34-32-30-28-26-24-22-20-18-16-14-12-10-8-6-4-2/h17-20,49H,3-16,21-48,50H2,1-2H3,(H,51,52)/t49-/m1/s1. The predicted molar refractivity (Wildman–Crippen MR) is 247 cm³/mol. The lowest BCUT2D eigenvalue weighted by Crippen LogP contribution is -2.26. The number of phosphoric ester groups is 1. The zero-order chi connectivity index (χ0) is 41.4. The van der Waals surface area contributed by atoms with Gasteiger partial charge in [-0.25, -0.2) is 4.57 Å². The molecule has 0 bridgehead atoms. The molecule has 1 unspecified atom stereocenters. The summed E-state index contributed by atoms with van der Waals surface area (Å²) in [5, 5.41) is 0. The van der Waals surface area contributed by atoms with Gasteiger partial charge in [-0.15, -0.1) is 0 Å². The van der Waals surface area contributed by atoms with Crippen molar-refractivity contribution in [1.82, 2.24) is 0 Å². The number of nitrogens with two attached hydrogens (primary N) is 1. The lowest BCUT2D eigenvalue weighted by Gasteiger charge is -2.20. The van der Waals surface area contributed by atoms with Crippen LogP contribution in [-0.2, 0) is 23.1 Å². The van der Waals surface area contributed by atoms with Gasteiger partial charge in [0.1, 0.15) is 6.10 Å². The molecule has 0 heterocycles. The largest absolute Gasteiger partial charge is 0.472 e. The summed E-state index contributed by atoms with van der Waals surface area (Å²) in [7, 11) is -4.15. The first-order chi connectivity index (χ1) is 28.1. The molecule has 0 radical (unpaired) electrons. The number of hydrogen-bond acceptors (Lipinski definition) is 6. The zero-order valence-corrected chi connectivity index (χ0v) is 39.0. The topological polar surface area (TPSA) is 100 Å². The molecule has 0 aliphatic heterocycles. The van der Waals surface area contributed by atoms with Crippen LogP contribution in [0.5, 0.6) is 0 Å². The lowest BCUT2D eigenvalue weighted by atomic mass is 10.1. The molecular weight excluding hydrogens is 730 g/mol. The van der Waals surface area contributed by atoms with Crippen LogP contribution < -0.4 is 5.73 Å². The van der Waals surface area contributed by atoms with Crippen molar-refractivity contribution in [3.63, 3.8) is 0 Å². The maximum atomic E-state index is 12.2. The second-order valence-corrected chi connectivity index (χ2v) is 18.1. The molecule has 0 aliphatic carbocycles. The minimum Gasteiger partial charge on any atom is -0.379 e. The third-order valence-electron chi connectivity index (χ3n) is 10.9. The highest BCUT2D eigenvalue weighted by molar-refractivity contribution is 7.47. The van der Waals surface area contributed by atoms with Crippen molar-refractivity contribution in [3.05, 3.63) is 24.3 Å². The fourth-order valence-corrected chi connectivity index (χ4v) is 7.97. The normalized spacial score (nSPS) is 13.7. The van der Waals surface area contributed by atoms with Crippen molar-refractivity contribution in [2.75, 3.05) is 39.6 Å². The van der Waals surface area contributed by atoms with Gasteiger partial charge in [0.15, 0.2) is 0 Å². The molecule has 0 aromatic heterocycles. The molecule has 0 fully saturated rings. The maximum Gasteiger partial charge on any atom is 0.472 e. The van der Waals surface area contributed by atoms with Crippen LogP contribution in [0, 0.1) is 0 Å². The third kappa shape index (κ3) is 48.0. The summed E-state index contributed by atoms with van der Waals surface area (Å²) in [5.41, 5.74) is 5.41. The summed E-state index contributed by atoms with van der Waals surface area (Å²) in [6, 6.07) is 0. The number of phosphoric acid groups is 1. The van der Waals surface area contributed by atoms with E-state index in [1.807, 2.05) is 0 Å². The Morgan fingerprint density at radius 2 is 0.772 bits per heavy atom. The van der Waals surface area contributed by atoms with Crippen molar-refractivity contribution in [2.24, 2.45) is 5.73 Å². The second-order valence-electron chi connectivity index (χ2n) is 16.7. The van der Waals surface area contributed by atoms with Crippen LogP contribution in [0.25, 0.3) is 0 Å². The molecule has 0 aliphatic rings. The summed E-state index contributed by atoms with van der Waals surface area (Å²) in [6.45, 7) is 6.27. The molecule has 0 saturated carbocycles. The Kier molecular flexibility index (Phi) is 47.7. The van der Waals surface area contributed by atoms with Crippen molar-refractivity contribution in [1.29, 1.82) is 0 Å². The van der Waals surface area contributed by atoms with Crippen molar-refractivity contribution < 1.29 is 28.0 Å². The minimum atomic E-state index is -4.15. The lowest BCUT2D eigenvalue weighted by molar-refractivity contribution is -0.0443. The Bertz CT molecular complexity index is 871. The summed E-state index contributed by atoms with van der Waals surface area (Å²) in [6.07, 6.45) is 56.4. The molecule has 0 aromatic carbocycles. The molecule has 8 heteroatoms. The van der Waals surface area contributed by atoms with Crippen LogP contribution in [0.4, 0.5) is 0 Å². The van der Waals surface area contributed by atoms with E-state index in [2.05, 4.69) is 38.2 Å². The first-order valence-electron chi connectivity index (χ1n) is 24.9. The predicted octanol–water partition coefficient (Wildman–Crippen LogP) is 15.7. The van der Waals surface area contributed by atoms with Crippen LogP contribution in [0.15, 0.2) is 24.3 Å². The van der Waals surface area contributed by atoms with Crippen molar-refractivity contribution in [2.45, 2.75) is 251 Å². The SMILES string of the molecule is CCCCCCCCC=CCCCCCCCCCCCCOC[C@H](COP(=O)(O)OCCN)OCCCCCCCCCCCCC=CCCCCCCCC. The third-order valence-corrected chi connectivity index (χ3v) is 11.9. The van der Waals surface area contributed by atoms with Gasteiger partial charge in [-0.2, -0.15) is 0 Å². The number of rotatable bonds is 49. The first-order valence-corrected chi connectivity index (χ1v) is 26.4. The fourth-order valence-electron chi connectivity index (χ4n) is 7.21. The zero-order valence-electron chi connectivity index (χ0n) is 38.1. The van der Waals surface area contributed by atoms with E-state index in [0.29, 0.717) is 19.8 Å². The van der Waals surface area contributed by atoms with E-state index in [4.69, 9.17) is 24.3 Å². The number of allylic oxidation sites excluding steroid dienone is 4. The summed E-state index contributed by atoms with van der Waals surface area (Å²) < 4.78 is 34.3. The van der Waals surface area contributed by atoms with Crippen LogP contribution in [0.2, 0.25) is 0 Å². The Hall–Kier alpha value is -0.530. The van der Waals surface area contributed by atoms with Gasteiger partial charge in [0, 0.05) is 19.8 Å². The highest BCUT2D eigenvalue weighted by Crippen LogP contribution is 2.43. The molecule has 340 valence electrons. The second kappa shape index (κ2) is 48.1. The Morgan fingerprint density at radius 3 is 1.14 bits per heavy atom. The van der Waals surface area contributed by atoms with Crippen LogP contribution >= 0.6 is 7.82 Å². The van der Waals surface area contributed by atoms with E-state index in [1.165, 1.54) is 212 Å². The Morgan fingerprint density at radius 1 is 0.439 bits per heavy atom. The molecule has 0 saturated heterocycles. The van der Waals surface area contributed by atoms with Gasteiger partial charge >= 0.3 is 7.82 Å². The van der Waals surface area contributed by atoms with Gasteiger partial charge < -0.3 is 20.1 Å². The number of ether oxygens (including phenoxy) is 2. The van der Waals surface area contributed by atoms with E-state index in [1.54, 1.807) is 0 Å². The molecule has 7 nitrogen and oxygen atoms in total. The number of unbranched alkanes of at least 4 members (excludes halogenated alkanes) is 32. The monoisotopic (exact) mass is 828 g/mol. The van der Waals surface area contributed by atoms with Gasteiger partial charge in [-0.05, 0) is 64.2 Å². The quantitative estimate of drug-likeness (QED) is 0.0358. The molecule has 57 heavy (non-hydrogen) atoms. The van der Waals surface area contributed by atoms with Gasteiger partial charge in [0.2, 0.25) is 0 Å². The molecule has 2 atom stereocenters.